The van der Waals surface area contributed by atoms with Crippen LogP contribution in [0.5, 0.6) is 5.75 Å². The van der Waals surface area contributed by atoms with E-state index in [0.29, 0.717) is 48.3 Å². The fourth-order valence-corrected chi connectivity index (χ4v) is 4.20. The van der Waals surface area contributed by atoms with E-state index in [1.165, 1.54) is 29.0 Å². The van der Waals surface area contributed by atoms with Gasteiger partial charge < -0.3 is 14.6 Å². The lowest BCUT2D eigenvalue weighted by Gasteiger charge is -2.02. The molecule has 0 fully saturated rings. The van der Waals surface area contributed by atoms with E-state index in [9.17, 15) is 9.18 Å². The number of amides is 1. The molecule has 0 atom stereocenters. The molecule has 2 aromatic carbocycles. The van der Waals surface area contributed by atoms with Crippen molar-refractivity contribution in [1.82, 2.24) is 15.1 Å². The average Bonchev–Trinajstić information content (AvgIpc) is 3.54. The summed E-state index contributed by atoms with van der Waals surface area (Å²) in [6, 6.07) is 11.9. The van der Waals surface area contributed by atoms with Gasteiger partial charge in [0.05, 0.1) is 12.3 Å². The van der Waals surface area contributed by atoms with E-state index >= 15 is 0 Å². The highest BCUT2D eigenvalue weighted by atomic mass is 32.1. The topological polar surface area (TPSA) is 90.1 Å². The van der Waals surface area contributed by atoms with E-state index < -0.39 is 0 Å². The molecule has 0 unspecified atom stereocenters. The van der Waals surface area contributed by atoms with Crippen molar-refractivity contribution in [3.63, 3.8) is 0 Å². The molecule has 0 spiro atoms. The van der Waals surface area contributed by atoms with Gasteiger partial charge in [-0.3, -0.25) is 4.79 Å². The van der Waals surface area contributed by atoms with E-state index in [1.54, 1.807) is 12.1 Å². The number of benzene rings is 2. The van der Waals surface area contributed by atoms with Crippen LogP contribution in [-0.4, -0.2) is 27.6 Å². The number of anilines is 1. The maximum Gasteiger partial charge on any atom is 0.226 e. The van der Waals surface area contributed by atoms with Gasteiger partial charge in [-0.25, -0.2) is 9.37 Å². The molecule has 0 saturated carbocycles. The highest BCUT2D eigenvalue weighted by molar-refractivity contribution is 7.14. The Morgan fingerprint density at radius 3 is 2.84 bits per heavy atom. The van der Waals surface area contributed by atoms with Crippen LogP contribution in [0, 0.1) is 5.82 Å². The van der Waals surface area contributed by atoms with Gasteiger partial charge in [-0.1, -0.05) is 5.16 Å². The van der Waals surface area contributed by atoms with Crippen molar-refractivity contribution in [3.05, 3.63) is 65.1 Å². The Morgan fingerprint density at radius 1 is 1.12 bits per heavy atom. The van der Waals surface area contributed by atoms with Crippen molar-refractivity contribution < 1.29 is 18.4 Å². The molecule has 1 aliphatic heterocycles. The number of hydrogen-bond acceptors (Lipinski definition) is 7. The number of ether oxygens (including phenoxy) is 1. The first-order valence-electron chi connectivity index (χ1n) is 10.2. The Balaban J connectivity index is 1.12. The van der Waals surface area contributed by atoms with Crippen LogP contribution in [0.25, 0.3) is 22.6 Å². The lowest BCUT2D eigenvalue weighted by Crippen LogP contribution is -2.11. The van der Waals surface area contributed by atoms with Crippen molar-refractivity contribution in [1.29, 1.82) is 0 Å². The van der Waals surface area contributed by atoms with Gasteiger partial charge >= 0.3 is 0 Å². The van der Waals surface area contributed by atoms with E-state index in [-0.39, 0.29) is 11.7 Å². The Kier molecular flexibility index (Phi) is 5.64. The van der Waals surface area contributed by atoms with Crippen molar-refractivity contribution in [3.8, 4) is 28.4 Å². The fraction of sp³-hybridized carbons (Fsp3) is 0.217. The number of hydrogen-bond donors (Lipinski definition) is 1. The molecule has 0 bridgehead atoms. The summed E-state index contributed by atoms with van der Waals surface area (Å²) in [5.74, 6) is 1.33. The number of aromatic nitrogens is 3. The van der Waals surface area contributed by atoms with Crippen LogP contribution in [0.15, 0.2) is 52.4 Å². The minimum atomic E-state index is -0.322. The number of nitrogens with one attached hydrogen (secondary N) is 1. The van der Waals surface area contributed by atoms with Crippen LogP contribution < -0.4 is 10.1 Å². The van der Waals surface area contributed by atoms with E-state index in [0.717, 1.165) is 23.4 Å². The maximum absolute atomic E-state index is 13.0. The number of rotatable bonds is 7. The van der Waals surface area contributed by atoms with Crippen molar-refractivity contribution in [2.45, 2.75) is 25.7 Å². The SMILES string of the molecule is O=C(CCCc1nc(-c2ccc(F)cc2)no1)Nc1nc(-c2ccc3c(c2)CCO3)cs1. The molecule has 5 rings (SSSR count). The lowest BCUT2D eigenvalue weighted by molar-refractivity contribution is -0.116. The summed E-state index contributed by atoms with van der Waals surface area (Å²) in [7, 11) is 0. The normalized spacial score (nSPS) is 12.4. The first-order valence-corrected chi connectivity index (χ1v) is 11.1. The maximum atomic E-state index is 13.0. The number of halogens is 1. The van der Waals surface area contributed by atoms with E-state index in [2.05, 4.69) is 26.5 Å². The molecule has 162 valence electrons. The molecule has 0 radical (unpaired) electrons. The summed E-state index contributed by atoms with van der Waals surface area (Å²) in [5, 5.41) is 9.26. The zero-order valence-electron chi connectivity index (χ0n) is 17.0. The van der Waals surface area contributed by atoms with Gasteiger partial charge in [-0.2, -0.15) is 4.98 Å². The standard InChI is InChI=1S/C23H19FN4O3S/c24-17-7-4-14(5-8-17)22-27-21(31-28-22)3-1-2-20(29)26-23-25-18(13-32-23)15-6-9-19-16(12-15)10-11-30-19/h4-9,12-13H,1-3,10-11H2,(H,25,26,29). The monoisotopic (exact) mass is 450 g/mol. The van der Waals surface area contributed by atoms with Gasteiger partial charge in [0.1, 0.15) is 11.6 Å². The molecular weight excluding hydrogens is 431 g/mol. The molecule has 0 aliphatic carbocycles. The molecule has 0 saturated heterocycles. The number of thiazole rings is 1. The Labute approximate surface area is 187 Å². The Bertz CT molecular complexity index is 1250. The quantitative estimate of drug-likeness (QED) is 0.431. The highest BCUT2D eigenvalue weighted by Gasteiger charge is 2.15. The smallest absolute Gasteiger partial charge is 0.226 e. The molecular formula is C23H19FN4O3S. The first-order chi connectivity index (χ1) is 15.6. The third-order valence-electron chi connectivity index (χ3n) is 5.10. The summed E-state index contributed by atoms with van der Waals surface area (Å²) in [6.45, 7) is 0.717. The van der Waals surface area contributed by atoms with Crippen LogP contribution >= 0.6 is 11.3 Å². The summed E-state index contributed by atoms with van der Waals surface area (Å²) in [6.07, 6.45) is 2.24. The third kappa shape index (κ3) is 4.52. The fourth-order valence-electron chi connectivity index (χ4n) is 3.46. The Hall–Kier alpha value is -3.59. The molecule has 32 heavy (non-hydrogen) atoms. The minimum Gasteiger partial charge on any atom is -0.493 e. The number of carbonyl (C=O) groups is 1. The number of nitrogens with zero attached hydrogens (tertiary/aromatic N) is 3. The van der Waals surface area contributed by atoms with Gasteiger partial charge in [-0.15, -0.1) is 11.3 Å². The molecule has 1 amide bonds. The molecule has 1 N–H and O–H groups in total. The second-order valence-corrected chi connectivity index (χ2v) is 8.24. The van der Waals surface area contributed by atoms with E-state index in [4.69, 9.17) is 9.26 Å². The van der Waals surface area contributed by atoms with Gasteiger partial charge in [0.25, 0.3) is 0 Å². The van der Waals surface area contributed by atoms with Crippen molar-refractivity contribution in [2.75, 3.05) is 11.9 Å². The molecule has 4 aromatic rings. The molecule has 7 nitrogen and oxygen atoms in total. The predicted molar refractivity (Wildman–Crippen MR) is 118 cm³/mol. The van der Waals surface area contributed by atoms with Crippen LogP contribution in [0.3, 0.4) is 0 Å². The van der Waals surface area contributed by atoms with Crippen LogP contribution in [0.1, 0.15) is 24.3 Å². The zero-order chi connectivity index (χ0) is 21.9. The summed E-state index contributed by atoms with van der Waals surface area (Å²) in [4.78, 5) is 21.1. The summed E-state index contributed by atoms with van der Waals surface area (Å²) in [5.41, 5.74) is 3.71. The van der Waals surface area contributed by atoms with Gasteiger partial charge in [0.15, 0.2) is 5.13 Å². The molecule has 3 heterocycles. The number of aryl methyl sites for hydroxylation is 1. The van der Waals surface area contributed by atoms with Crippen LogP contribution in [0.4, 0.5) is 9.52 Å². The zero-order valence-corrected chi connectivity index (χ0v) is 17.8. The van der Waals surface area contributed by atoms with Crippen LogP contribution in [0.2, 0.25) is 0 Å². The third-order valence-corrected chi connectivity index (χ3v) is 5.86. The molecule has 2 aromatic heterocycles. The second-order valence-electron chi connectivity index (χ2n) is 7.38. The average molecular weight is 450 g/mol. The van der Waals surface area contributed by atoms with Gasteiger partial charge in [0.2, 0.25) is 17.6 Å². The second kappa shape index (κ2) is 8.88. The largest absolute Gasteiger partial charge is 0.493 e. The van der Waals surface area contributed by atoms with Crippen molar-refractivity contribution >= 4 is 22.4 Å². The highest BCUT2D eigenvalue weighted by Crippen LogP contribution is 2.32. The van der Waals surface area contributed by atoms with E-state index in [1.807, 2.05) is 17.5 Å². The summed E-state index contributed by atoms with van der Waals surface area (Å²) < 4.78 is 23.8. The predicted octanol–water partition coefficient (Wildman–Crippen LogP) is 4.90. The minimum absolute atomic E-state index is 0.119. The molecule has 9 heteroatoms. The first kappa shape index (κ1) is 20.3. The summed E-state index contributed by atoms with van der Waals surface area (Å²) >= 11 is 1.40. The van der Waals surface area contributed by atoms with Gasteiger partial charge in [-0.05, 0) is 54.4 Å². The number of carbonyl (C=O) groups excluding carboxylic acids is 1. The molecule has 1 aliphatic rings. The van der Waals surface area contributed by atoms with Crippen LogP contribution in [-0.2, 0) is 17.6 Å². The van der Waals surface area contributed by atoms with Crippen molar-refractivity contribution in [2.24, 2.45) is 0 Å². The Morgan fingerprint density at radius 2 is 1.97 bits per heavy atom. The van der Waals surface area contributed by atoms with Gasteiger partial charge in [0, 0.05) is 35.8 Å². The lowest BCUT2D eigenvalue weighted by atomic mass is 10.1. The number of fused-ring (bicyclic) bond motifs is 1.